The van der Waals surface area contributed by atoms with Crippen LogP contribution in [0.15, 0.2) is 46.8 Å². The lowest BCUT2D eigenvalue weighted by Crippen LogP contribution is -2.37. The number of benzene rings is 1. The number of amides is 1. The third-order valence-electron chi connectivity index (χ3n) is 3.17. The van der Waals surface area contributed by atoms with E-state index in [-0.39, 0.29) is 12.5 Å². The zero-order valence-corrected chi connectivity index (χ0v) is 14.2. The van der Waals surface area contributed by atoms with Crippen molar-refractivity contribution in [3.8, 4) is 0 Å². The fourth-order valence-electron chi connectivity index (χ4n) is 1.96. The molecule has 0 bridgehead atoms. The molecule has 0 aliphatic rings. The molecule has 6 heteroatoms. The van der Waals surface area contributed by atoms with Crippen molar-refractivity contribution in [3.05, 3.63) is 52.2 Å². The quantitative estimate of drug-likeness (QED) is 0.564. The van der Waals surface area contributed by atoms with Crippen molar-refractivity contribution in [3.63, 3.8) is 0 Å². The van der Waals surface area contributed by atoms with Gasteiger partial charge >= 0.3 is 0 Å². The molecule has 0 saturated carbocycles. The van der Waals surface area contributed by atoms with Crippen molar-refractivity contribution < 1.29 is 4.79 Å². The van der Waals surface area contributed by atoms with Gasteiger partial charge in [-0.3, -0.25) is 4.79 Å². The first-order valence-corrected chi connectivity index (χ1v) is 8.47. The van der Waals surface area contributed by atoms with E-state index >= 15 is 0 Å². The Labute approximate surface area is 140 Å². The highest BCUT2D eigenvalue weighted by atomic mass is 32.1. The van der Waals surface area contributed by atoms with Gasteiger partial charge in [0.2, 0.25) is 5.91 Å². The highest BCUT2D eigenvalue weighted by Gasteiger charge is 2.04. The van der Waals surface area contributed by atoms with Gasteiger partial charge in [-0.25, -0.2) is 4.99 Å². The SMILES string of the molecule is CCNC(=NCC(=O)Nc1ccccc1)NCc1sccc1C. The number of aryl methyl sites for hydroxylation is 1. The molecule has 2 rings (SSSR count). The number of carbonyl (C=O) groups is 1. The molecule has 0 aliphatic heterocycles. The van der Waals surface area contributed by atoms with Crippen molar-refractivity contribution in [2.24, 2.45) is 4.99 Å². The van der Waals surface area contributed by atoms with Gasteiger partial charge < -0.3 is 16.0 Å². The van der Waals surface area contributed by atoms with E-state index in [0.29, 0.717) is 12.5 Å². The molecule has 122 valence electrons. The molecule has 0 atom stereocenters. The van der Waals surface area contributed by atoms with Crippen LogP contribution in [0.3, 0.4) is 0 Å². The summed E-state index contributed by atoms with van der Waals surface area (Å²) in [5, 5.41) is 11.3. The summed E-state index contributed by atoms with van der Waals surface area (Å²) >= 11 is 1.71. The molecule has 0 aliphatic carbocycles. The molecule has 0 saturated heterocycles. The van der Waals surface area contributed by atoms with Gasteiger partial charge in [-0.15, -0.1) is 11.3 Å². The average molecular weight is 330 g/mol. The van der Waals surface area contributed by atoms with Gasteiger partial charge in [0, 0.05) is 17.1 Å². The van der Waals surface area contributed by atoms with Crippen LogP contribution in [0.1, 0.15) is 17.4 Å². The van der Waals surface area contributed by atoms with Crippen LogP contribution in [0, 0.1) is 6.92 Å². The Kier molecular flexibility index (Phi) is 6.62. The maximum absolute atomic E-state index is 11.9. The number of carbonyl (C=O) groups excluding carboxylic acids is 1. The van der Waals surface area contributed by atoms with Crippen molar-refractivity contribution in [1.82, 2.24) is 10.6 Å². The Bertz CT molecular complexity index is 652. The first-order chi connectivity index (χ1) is 11.2. The van der Waals surface area contributed by atoms with Gasteiger partial charge in [-0.2, -0.15) is 0 Å². The summed E-state index contributed by atoms with van der Waals surface area (Å²) in [4.78, 5) is 17.5. The maximum atomic E-state index is 11.9. The summed E-state index contributed by atoms with van der Waals surface area (Å²) in [6.07, 6.45) is 0. The zero-order chi connectivity index (χ0) is 16.5. The van der Waals surface area contributed by atoms with E-state index in [9.17, 15) is 4.79 Å². The van der Waals surface area contributed by atoms with Crippen LogP contribution in [0.4, 0.5) is 5.69 Å². The Morgan fingerprint density at radius 2 is 1.96 bits per heavy atom. The molecule has 3 N–H and O–H groups in total. The van der Waals surface area contributed by atoms with Crippen LogP contribution in [-0.4, -0.2) is 25.0 Å². The lowest BCUT2D eigenvalue weighted by atomic mass is 10.3. The number of hydrogen-bond acceptors (Lipinski definition) is 3. The summed E-state index contributed by atoms with van der Waals surface area (Å²) in [6, 6.07) is 11.5. The second kappa shape index (κ2) is 8.95. The Hall–Kier alpha value is -2.34. The molecule has 1 amide bonds. The Morgan fingerprint density at radius 3 is 2.61 bits per heavy atom. The molecule has 0 fully saturated rings. The van der Waals surface area contributed by atoms with Gasteiger partial charge in [0.15, 0.2) is 5.96 Å². The van der Waals surface area contributed by atoms with Crippen molar-refractivity contribution >= 4 is 28.9 Å². The van der Waals surface area contributed by atoms with Gasteiger partial charge in [0.05, 0.1) is 6.54 Å². The number of nitrogens with zero attached hydrogens (tertiary/aromatic N) is 1. The summed E-state index contributed by atoms with van der Waals surface area (Å²) in [5.41, 5.74) is 2.04. The topological polar surface area (TPSA) is 65.5 Å². The maximum Gasteiger partial charge on any atom is 0.246 e. The largest absolute Gasteiger partial charge is 0.357 e. The first kappa shape index (κ1) is 17.0. The molecular formula is C17H22N4OS. The second-order valence-electron chi connectivity index (χ2n) is 4.99. The number of hydrogen-bond donors (Lipinski definition) is 3. The number of para-hydroxylation sites is 1. The predicted octanol–water partition coefficient (Wildman–Crippen LogP) is 2.75. The summed E-state index contributed by atoms with van der Waals surface area (Å²) < 4.78 is 0. The predicted molar refractivity (Wildman–Crippen MR) is 96.9 cm³/mol. The van der Waals surface area contributed by atoms with E-state index in [1.165, 1.54) is 10.4 Å². The molecule has 2 aromatic rings. The van der Waals surface area contributed by atoms with E-state index in [4.69, 9.17) is 0 Å². The average Bonchev–Trinajstić information content (AvgIpc) is 2.96. The van der Waals surface area contributed by atoms with Crippen LogP contribution in [-0.2, 0) is 11.3 Å². The lowest BCUT2D eigenvalue weighted by molar-refractivity contribution is -0.114. The number of nitrogens with one attached hydrogen (secondary N) is 3. The molecule has 1 aromatic heterocycles. The van der Waals surface area contributed by atoms with Crippen LogP contribution < -0.4 is 16.0 Å². The third-order valence-corrected chi connectivity index (χ3v) is 4.19. The fraction of sp³-hybridized carbons (Fsp3) is 0.294. The molecule has 5 nitrogen and oxygen atoms in total. The van der Waals surface area contributed by atoms with Crippen LogP contribution in [0.2, 0.25) is 0 Å². The number of guanidine groups is 1. The van der Waals surface area contributed by atoms with E-state index in [1.807, 2.05) is 37.3 Å². The van der Waals surface area contributed by atoms with Gasteiger partial charge in [-0.05, 0) is 43.0 Å². The van der Waals surface area contributed by atoms with E-state index in [1.54, 1.807) is 11.3 Å². The summed E-state index contributed by atoms with van der Waals surface area (Å²) in [7, 11) is 0. The van der Waals surface area contributed by atoms with E-state index < -0.39 is 0 Å². The number of anilines is 1. The zero-order valence-electron chi connectivity index (χ0n) is 13.4. The van der Waals surface area contributed by atoms with Crippen molar-refractivity contribution in [2.75, 3.05) is 18.4 Å². The lowest BCUT2D eigenvalue weighted by Gasteiger charge is -2.11. The highest BCUT2D eigenvalue weighted by molar-refractivity contribution is 7.10. The minimum atomic E-state index is -0.138. The molecule has 0 spiro atoms. The van der Waals surface area contributed by atoms with Crippen molar-refractivity contribution in [1.29, 1.82) is 0 Å². The van der Waals surface area contributed by atoms with E-state index in [0.717, 1.165) is 12.2 Å². The first-order valence-electron chi connectivity index (χ1n) is 7.59. The van der Waals surface area contributed by atoms with Crippen LogP contribution in [0.25, 0.3) is 0 Å². The summed E-state index contributed by atoms with van der Waals surface area (Å²) in [5.74, 6) is 0.504. The highest BCUT2D eigenvalue weighted by Crippen LogP contribution is 2.14. The standard InChI is InChI=1S/C17H22N4OS/c1-3-18-17(19-11-15-13(2)9-10-23-15)20-12-16(22)21-14-7-5-4-6-8-14/h4-10H,3,11-12H2,1-2H3,(H,21,22)(H2,18,19,20). The van der Waals surface area contributed by atoms with Crippen molar-refractivity contribution in [2.45, 2.75) is 20.4 Å². The minimum absolute atomic E-state index is 0.0770. The second-order valence-corrected chi connectivity index (χ2v) is 5.99. The van der Waals surface area contributed by atoms with Gasteiger partial charge in [0.25, 0.3) is 0 Å². The smallest absolute Gasteiger partial charge is 0.246 e. The number of rotatable bonds is 6. The van der Waals surface area contributed by atoms with Gasteiger partial charge in [0.1, 0.15) is 6.54 Å². The molecular weight excluding hydrogens is 308 g/mol. The van der Waals surface area contributed by atoms with Crippen LogP contribution in [0.5, 0.6) is 0 Å². The van der Waals surface area contributed by atoms with Gasteiger partial charge in [-0.1, -0.05) is 18.2 Å². The summed E-state index contributed by atoms with van der Waals surface area (Å²) in [6.45, 7) is 5.61. The normalized spacial score (nSPS) is 11.1. The number of thiophene rings is 1. The molecule has 23 heavy (non-hydrogen) atoms. The molecule has 1 aromatic carbocycles. The third kappa shape index (κ3) is 5.75. The minimum Gasteiger partial charge on any atom is -0.357 e. The monoisotopic (exact) mass is 330 g/mol. The Balaban J connectivity index is 1.87. The molecule has 0 radical (unpaired) electrons. The molecule has 0 unspecified atom stereocenters. The van der Waals surface area contributed by atoms with Crippen LogP contribution >= 0.6 is 11.3 Å². The Morgan fingerprint density at radius 1 is 1.17 bits per heavy atom. The van der Waals surface area contributed by atoms with E-state index in [2.05, 4.69) is 39.3 Å². The molecule has 1 heterocycles. The number of aliphatic imine (C=N–C) groups is 1. The fourth-order valence-corrected chi connectivity index (χ4v) is 2.81.